The normalized spacial score (nSPS) is 11.8. The lowest BCUT2D eigenvalue weighted by molar-refractivity contribution is -0.384. The minimum atomic E-state index is -0.496. The minimum Gasteiger partial charge on any atom is -0.479 e. The van der Waals surface area contributed by atoms with E-state index in [-0.39, 0.29) is 10.7 Å². The fourth-order valence-corrected chi connectivity index (χ4v) is 2.77. The van der Waals surface area contributed by atoms with Crippen LogP contribution in [-0.4, -0.2) is 4.92 Å². The molecule has 4 nitrogen and oxygen atoms in total. The fourth-order valence-electron chi connectivity index (χ4n) is 2.42. The molecule has 3 aromatic rings. The van der Waals surface area contributed by atoms with Gasteiger partial charge in [0, 0.05) is 17.2 Å². The molecule has 0 amide bonds. The quantitative estimate of drug-likeness (QED) is 0.402. The summed E-state index contributed by atoms with van der Waals surface area (Å²) in [7, 11) is 0. The Morgan fingerprint density at radius 2 is 1.52 bits per heavy atom. The first-order valence-electron chi connectivity index (χ1n) is 7.45. The summed E-state index contributed by atoms with van der Waals surface area (Å²) in [6.45, 7) is 0. The third-order valence-electron chi connectivity index (χ3n) is 3.65. The van der Waals surface area contributed by atoms with E-state index in [0.717, 1.165) is 11.1 Å². The summed E-state index contributed by atoms with van der Waals surface area (Å²) in [5, 5.41) is 11.7. The molecule has 126 valence electrons. The van der Waals surface area contributed by atoms with E-state index in [1.54, 1.807) is 12.1 Å². The van der Waals surface area contributed by atoms with Gasteiger partial charge in [0.2, 0.25) is 0 Å². The second-order valence-corrected chi connectivity index (χ2v) is 6.18. The average Bonchev–Trinajstić information content (AvgIpc) is 2.62. The van der Waals surface area contributed by atoms with Crippen molar-refractivity contribution >= 4 is 28.9 Å². The molecule has 0 saturated heterocycles. The molecule has 6 heteroatoms. The Hall–Kier alpha value is -2.56. The zero-order valence-electron chi connectivity index (χ0n) is 12.9. The summed E-state index contributed by atoms with van der Waals surface area (Å²) in [4.78, 5) is 10.4. The number of benzene rings is 3. The molecule has 0 heterocycles. The van der Waals surface area contributed by atoms with Gasteiger partial charge >= 0.3 is 0 Å². The van der Waals surface area contributed by atoms with Gasteiger partial charge in [-0.3, -0.25) is 10.1 Å². The molecule has 0 bridgehead atoms. The van der Waals surface area contributed by atoms with E-state index in [1.807, 2.05) is 42.5 Å². The van der Waals surface area contributed by atoms with Crippen molar-refractivity contribution in [1.82, 2.24) is 0 Å². The van der Waals surface area contributed by atoms with Gasteiger partial charge in [-0.05, 0) is 29.3 Å². The van der Waals surface area contributed by atoms with Crippen LogP contribution in [0.4, 0.5) is 5.69 Å². The summed E-state index contributed by atoms with van der Waals surface area (Å²) in [6.07, 6.45) is -0.419. The number of rotatable bonds is 5. The van der Waals surface area contributed by atoms with Crippen LogP contribution in [0.15, 0.2) is 72.8 Å². The summed E-state index contributed by atoms with van der Waals surface area (Å²) < 4.78 is 6.09. The van der Waals surface area contributed by atoms with E-state index in [1.165, 1.54) is 18.2 Å². The van der Waals surface area contributed by atoms with E-state index in [2.05, 4.69) is 0 Å². The first-order chi connectivity index (χ1) is 12.0. The van der Waals surface area contributed by atoms with Crippen molar-refractivity contribution in [3.05, 3.63) is 104 Å². The van der Waals surface area contributed by atoms with Gasteiger partial charge in [-0.2, -0.15) is 0 Å². The Kier molecular flexibility index (Phi) is 5.22. The maximum absolute atomic E-state index is 10.9. The standard InChI is InChI=1S/C19H13Cl2NO3/c20-15-8-6-14(7-9-15)19(13-4-2-1-3-5-13)25-18-11-10-16(22(23)24)12-17(18)21/h1-12,19H/t19-/m1/s1. The topological polar surface area (TPSA) is 52.4 Å². The van der Waals surface area contributed by atoms with Crippen molar-refractivity contribution in [2.75, 3.05) is 0 Å². The smallest absolute Gasteiger partial charge is 0.271 e. The van der Waals surface area contributed by atoms with Gasteiger partial charge in [-0.15, -0.1) is 0 Å². The number of nitro groups is 1. The molecular formula is C19H13Cl2NO3. The van der Waals surface area contributed by atoms with Gasteiger partial charge in [-0.1, -0.05) is 65.7 Å². The van der Waals surface area contributed by atoms with Crippen molar-refractivity contribution in [1.29, 1.82) is 0 Å². The molecule has 0 aliphatic carbocycles. The Morgan fingerprint density at radius 3 is 2.12 bits per heavy atom. The second-order valence-electron chi connectivity index (χ2n) is 5.33. The molecule has 0 saturated carbocycles. The minimum absolute atomic E-state index is 0.0832. The van der Waals surface area contributed by atoms with Crippen molar-refractivity contribution in [3.63, 3.8) is 0 Å². The summed E-state index contributed by atoms with van der Waals surface area (Å²) in [5.41, 5.74) is 1.74. The molecule has 0 spiro atoms. The molecule has 0 radical (unpaired) electrons. The Balaban J connectivity index is 1.98. The molecule has 0 fully saturated rings. The van der Waals surface area contributed by atoms with Gasteiger partial charge in [0.05, 0.1) is 9.95 Å². The first-order valence-corrected chi connectivity index (χ1v) is 8.21. The molecule has 25 heavy (non-hydrogen) atoms. The number of hydrogen-bond acceptors (Lipinski definition) is 3. The Labute approximate surface area is 154 Å². The highest BCUT2D eigenvalue weighted by atomic mass is 35.5. The summed E-state index contributed by atoms with van der Waals surface area (Å²) >= 11 is 12.1. The number of non-ortho nitro benzene ring substituents is 1. The zero-order chi connectivity index (χ0) is 17.8. The van der Waals surface area contributed by atoms with Gasteiger partial charge in [0.15, 0.2) is 0 Å². The van der Waals surface area contributed by atoms with Crippen molar-refractivity contribution in [2.45, 2.75) is 6.10 Å². The number of halogens is 2. The maximum atomic E-state index is 10.9. The van der Waals surface area contributed by atoms with Gasteiger partial charge < -0.3 is 4.74 Å². The third-order valence-corrected chi connectivity index (χ3v) is 4.19. The van der Waals surface area contributed by atoms with Gasteiger partial charge in [0.25, 0.3) is 5.69 Å². The molecule has 0 N–H and O–H groups in total. The lowest BCUT2D eigenvalue weighted by Crippen LogP contribution is -2.09. The average molecular weight is 374 g/mol. The predicted octanol–water partition coefficient (Wildman–Crippen LogP) is 6.07. The van der Waals surface area contributed by atoms with E-state index < -0.39 is 11.0 Å². The third kappa shape index (κ3) is 4.10. The highest BCUT2D eigenvalue weighted by Crippen LogP contribution is 2.35. The highest BCUT2D eigenvalue weighted by Gasteiger charge is 2.19. The van der Waals surface area contributed by atoms with Crippen LogP contribution in [0.5, 0.6) is 5.75 Å². The Morgan fingerprint density at radius 1 is 0.880 bits per heavy atom. The molecule has 0 aliphatic rings. The summed E-state index contributed by atoms with van der Waals surface area (Å²) in [6, 6.07) is 21.1. The van der Waals surface area contributed by atoms with Crippen LogP contribution in [0.25, 0.3) is 0 Å². The maximum Gasteiger partial charge on any atom is 0.271 e. The molecule has 3 aromatic carbocycles. The second kappa shape index (κ2) is 7.55. The molecule has 0 aliphatic heterocycles. The van der Waals surface area contributed by atoms with Crippen LogP contribution in [0.2, 0.25) is 10.0 Å². The van der Waals surface area contributed by atoms with Crippen LogP contribution >= 0.6 is 23.2 Å². The van der Waals surface area contributed by atoms with Crippen LogP contribution in [0.1, 0.15) is 17.2 Å². The van der Waals surface area contributed by atoms with Crippen LogP contribution in [0, 0.1) is 10.1 Å². The van der Waals surface area contributed by atoms with Crippen LogP contribution in [-0.2, 0) is 0 Å². The van der Waals surface area contributed by atoms with Crippen molar-refractivity contribution in [3.8, 4) is 5.75 Å². The fraction of sp³-hybridized carbons (Fsp3) is 0.0526. The lowest BCUT2D eigenvalue weighted by atomic mass is 10.0. The molecule has 3 rings (SSSR count). The van der Waals surface area contributed by atoms with Gasteiger partial charge in [-0.25, -0.2) is 0 Å². The largest absolute Gasteiger partial charge is 0.479 e. The summed E-state index contributed by atoms with van der Waals surface area (Å²) in [5.74, 6) is 0.371. The van der Waals surface area contributed by atoms with E-state index >= 15 is 0 Å². The zero-order valence-corrected chi connectivity index (χ0v) is 14.4. The number of nitrogens with zero attached hydrogens (tertiary/aromatic N) is 1. The first kappa shape index (κ1) is 17.3. The monoisotopic (exact) mass is 373 g/mol. The highest BCUT2D eigenvalue weighted by molar-refractivity contribution is 6.32. The van der Waals surface area contributed by atoms with E-state index in [0.29, 0.717) is 10.8 Å². The van der Waals surface area contributed by atoms with Gasteiger partial charge in [0.1, 0.15) is 11.9 Å². The molecule has 0 unspecified atom stereocenters. The van der Waals surface area contributed by atoms with Crippen molar-refractivity contribution in [2.24, 2.45) is 0 Å². The number of nitro benzene ring substituents is 1. The SMILES string of the molecule is O=[N+]([O-])c1ccc(O[C@H](c2ccccc2)c2ccc(Cl)cc2)c(Cl)c1. The lowest BCUT2D eigenvalue weighted by Gasteiger charge is -2.21. The number of ether oxygens (including phenoxy) is 1. The van der Waals surface area contributed by atoms with Crippen LogP contribution < -0.4 is 4.74 Å². The predicted molar refractivity (Wildman–Crippen MR) is 98.5 cm³/mol. The molecule has 0 aromatic heterocycles. The van der Waals surface area contributed by atoms with Crippen LogP contribution in [0.3, 0.4) is 0 Å². The number of hydrogen-bond donors (Lipinski definition) is 0. The Bertz CT molecular complexity index is 883. The molecule has 1 atom stereocenters. The van der Waals surface area contributed by atoms with E-state index in [9.17, 15) is 10.1 Å². The van der Waals surface area contributed by atoms with E-state index in [4.69, 9.17) is 27.9 Å². The van der Waals surface area contributed by atoms with Crippen molar-refractivity contribution < 1.29 is 9.66 Å². The molecular weight excluding hydrogens is 361 g/mol.